The highest BCUT2D eigenvalue weighted by Gasteiger charge is 2.22. The zero-order valence-electron chi connectivity index (χ0n) is 14.9. The Balaban J connectivity index is 1.78. The first-order valence-electron chi connectivity index (χ1n) is 8.68. The standard InChI is InChI=1S/C22H18ClFN2O2/c23-17-11-9-16(10-12-17)21(27)26-20(13-15-5-2-1-3-6-15)22(28)25-19-8-4-7-18(24)14-19/h1-12,14,20H,13H2,(H,25,28)(H,26,27)/t20-/m0/s1. The lowest BCUT2D eigenvalue weighted by Crippen LogP contribution is -2.45. The second kappa shape index (κ2) is 9.15. The summed E-state index contributed by atoms with van der Waals surface area (Å²) in [4.78, 5) is 25.4. The molecule has 0 spiro atoms. The lowest BCUT2D eigenvalue weighted by atomic mass is 10.0. The number of carbonyl (C=O) groups is 2. The molecule has 1 atom stereocenters. The predicted octanol–water partition coefficient (Wildman–Crippen LogP) is 4.46. The van der Waals surface area contributed by atoms with Crippen LogP contribution in [0.25, 0.3) is 0 Å². The van der Waals surface area contributed by atoms with E-state index in [1.807, 2.05) is 30.3 Å². The quantitative estimate of drug-likeness (QED) is 0.646. The molecule has 3 aromatic rings. The second-order valence-electron chi connectivity index (χ2n) is 6.22. The maximum atomic E-state index is 13.4. The van der Waals surface area contributed by atoms with Crippen molar-refractivity contribution < 1.29 is 14.0 Å². The van der Waals surface area contributed by atoms with Gasteiger partial charge in [-0.25, -0.2) is 4.39 Å². The first-order chi connectivity index (χ1) is 13.5. The van der Waals surface area contributed by atoms with Gasteiger partial charge in [-0.15, -0.1) is 0 Å². The van der Waals surface area contributed by atoms with Crippen molar-refractivity contribution in [3.05, 3.63) is 101 Å². The molecule has 6 heteroatoms. The molecule has 0 saturated carbocycles. The van der Waals surface area contributed by atoms with Crippen LogP contribution in [0.15, 0.2) is 78.9 Å². The zero-order valence-corrected chi connectivity index (χ0v) is 15.6. The van der Waals surface area contributed by atoms with Gasteiger partial charge in [0.15, 0.2) is 0 Å². The Labute approximate surface area is 167 Å². The van der Waals surface area contributed by atoms with Crippen LogP contribution in [0.5, 0.6) is 0 Å². The van der Waals surface area contributed by atoms with Gasteiger partial charge in [0.25, 0.3) is 5.91 Å². The molecule has 0 aliphatic carbocycles. The van der Waals surface area contributed by atoms with Crippen LogP contribution >= 0.6 is 11.6 Å². The van der Waals surface area contributed by atoms with Crippen molar-refractivity contribution >= 4 is 29.1 Å². The van der Waals surface area contributed by atoms with Crippen LogP contribution in [-0.4, -0.2) is 17.9 Å². The fourth-order valence-electron chi connectivity index (χ4n) is 2.70. The lowest BCUT2D eigenvalue weighted by molar-refractivity contribution is -0.118. The van der Waals surface area contributed by atoms with Gasteiger partial charge in [0.1, 0.15) is 11.9 Å². The number of halogens is 2. The van der Waals surface area contributed by atoms with E-state index >= 15 is 0 Å². The van der Waals surface area contributed by atoms with Crippen molar-refractivity contribution in [1.29, 1.82) is 0 Å². The predicted molar refractivity (Wildman–Crippen MR) is 108 cm³/mol. The maximum absolute atomic E-state index is 13.4. The van der Waals surface area contributed by atoms with Crippen LogP contribution in [-0.2, 0) is 11.2 Å². The van der Waals surface area contributed by atoms with E-state index in [1.54, 1.807) is 30.3 Å². The van der Waals surface area contributed by atoms with Crippen molar-refractivity contribution in [2.45, 2.75) is 12.5 Å². The van der Waals surface area contributed by atoms with E-state index in [0.29, 0.717) is 22.7 Å². The Morgan fingerprint density at radius 2 is 1.64 bits per heavy atom. The molecule has 0 aliphatic rings. The number of nitrogens with one attached hydrogen (secondary N) is 2. The van der Waals surface area contributed by atoms with E-state index in [2.05, 4.69) is 10.6 Å². The number of carbonyl (C=O) groups excluding carboxylic acids is 2. The average molecular weight is 397 g/mol. The van der Waals surface area contributed by atoms with Gasteiger partial charge >= 0.3 is 0 Å². The van der Waals surface area contributed by atoms with E-state index in [-0.39, 0.29) is 0 Å². The fourth-order valence-corrected chi connectivity index (χ4v) is 2.82. The summed E-state index contributed by atoms with van der Waals surface area (Å²) in [6, 6.07) is 20.5. The third-order valence-electron chi connectivity index (χ3n) is 4.10. The highest BCUT2D eigenvalue weighted by Crippen LogP contribution is 2.13. The van der Waals surface area contributed by atoms with E-state index in [9.17, 15) is 14.0 Å². The van der Waals surface area contributed by atoms with Crippen LogP contribution in [0.2, 0.25) is 5.02 Å². The summed E-state index contributed by atoms with van der Waals surface area (Å²) in [6.07, 6.45) is 0.293. The third kappa shape index (κ3) is 5.41. The summed E-state index contributed by atoms with van der Waals surface area (Å²) in [7, 11) is 0. The molecule has 2 amide bonds. The normalized spacial score (nSPS) is 11.5. The Morgan fingerprint density at radius 3 is 2.32 bits per heavy atom. The molecular formula is C22H18ClFN2O2. The minimum atomic E-state index is -0.839. The number of anilines is 1. The van der Waals surface area contributed by atoms with E-state index in [4.69, 9.17) is 11.6 Å². The molecule has 4 nitrogen and oxygen atoms in total. The molecule has 0 aromatic heterocycles. The molecule has 3 rings (SSSR count). The summed E-state index contributed by atoms with van der Waals surface area (Å²) in [6.45, 7) is 0. The van der Waals surface area contributed by atoms with Gasteiger partial charge in [0.2, 0.25) is 5.91 Å². The summed E-state index contributed by atoms with van der Waals surface area (Å²) in [5.74, 6) is -1.29. The van der Waals surface area contributed by atoms with Crippen LogP contribution in [0.4, 0.5) is 10.1 Å². The van der Waals surface area contributed by atoms with E-state index < -0.39 is 23.7 Å². The molecule has 0 aliphatic heterocycles. The fraction of sp³-hybridized carbons (Fsp3) is 0.0909. The molecule has 0 bridgehead atoms. The summed E-state index contributed by atoms with van der Waals surface area (Å²) in [5, 5.41) is 5.92. The Hall–Kier alpha value is -3.18. The second-order valence-corrected chi connectivity index (χ2v) is 6.66. The molecule has 2 N–H and O–H groups in total. The molecular weight excluding hydrogens is 379 g/mol. The summed E-state index contributed by atoms with van der Waals surface area (Å²) in [5.41, 5.74) is 1.60. The molecule has 0 saturated heterocycles. The van der Waals surface area contributed by atoms with E-state index in [0.717, 1.165) is 5.56 Å². The first-order valence-corrected chi connectivity index (χ1v) is 9.06. The van der Waals surface area contributed by atoms with Gasteiger partial charge in [-0.3, -0.25) is 9.59 Å². The van der Waals surface area contributed by atoms with Crippen molar-refractivity contribution in [3.8, 4) is 0 Å². The number of hydrogen-bond acceptors (Lipinski definition) is 2. The summed E-state index contributed by atoms with van der Waals surface area (Å²) >= 11 is 5.86. The summed E-state index contributed by atoms with van der Waals surface area (Å²) < 4.78 is 13.4. The van der Waals surface area contributed by atoms with Crippen LogP contribution in [0.3, 0.4) is 0 Å². The highest BCUT2D eigenvalue weighted by molar-refractivity contribution is 6.30. The van der Waals surface area contributed by atoms with Crippen molar-refractivity contribution in [1.82, 2.24) is 5.32 Å². The topological polar surface area (TPSA) is 58.2 Å². The number of rotatable bonds is 6. The Morgan fingerprint density at radius 1 is 0.929 bits per heavy atom. The van der Waals surface area contributed by atoms with Crippen LogP contribution < -0.4 is 10.6 Å². The zero-order chi connectivity index (χ0) is 19.9. The third-order valence-corrected chi connectivity index (χ3v) is 4.36. The minimum Gasteiger partial charge on any atom is -0.340 e. The molecule has 0 heterocycles. The molecule has 0 radical (unpaired) electrons. The average Bonchev–Trinajstić information content (AvgIpc) is 2.68. The van der Waals surface area contributed by atoms with Crippen LogP contribution in [0, 0.1) is 5.82 Å². The Bertz CT molecular complexity index is 962. The SMILES string of the molecule is O=C(N[C@@H](Cc1ccccc1)C(=O)Nc1cccc(F)c1)c1ccc(Cl)cc1. The van der Waals surface area contributed by atoms with Gasteiger partial charge in [0.05, 0.1) is 0 Å². The van der Waals surface area contributed by atoms with Crippen molar-refractivity contribution in [2.75, 3.05) is 5.32 Å². The molecule has 28 heavy (non-hydrogen) atoms. The smallest absolute Gasteiger partial charge is 0.251 e. The van der Waals surface area contributed by atoms with Gasteiger partial charge in [-0.1, -0.05) is 48.0 Å². The molecule has 3 aromatic carbocycles. The molecule has 0 unspecified atom stereocenters. The maximum Gasteiger partial charge on any atom is 0.251 e. The van der Waals surface area contributed by atoms with Gasteiger partial charge in [-0.05, 0) is 48.0 Å². The lowest BCUT2D eigenvalue weighted by Gasteiger charge is -2.19. The van der Waals surface area contributed by atoms with Gasteiger partial charge in [-0.2, -0.15) is 0 Å². The van der Waals surface area contributed by atoms with E-state index in [1.165, 1.54) is 18.2 Å². The number of benzene rings is 3. The molecule has 0 fully saturated rings. The number of hydrogen-bond donors (Lipinski definition) is 2. The van der Waals surface area contributed by atoms with Crippen molar-refractivity contribution in [2.24, 2.45) is 0 Å². The first kappa shape index (κ1) is 19.6. The van der Waals surface area contributed by atoms with Gasteiger partial charge in [0, 0.05) is 22.7 Å². The monoisotopic (exact) mass is 396 g/mol. The largest absolute Gasteiger partial charge is 0.340 e. The number of amides is 2. The van der Waals surface area contributed by atoms with Gasteiger partial charge < -0.3 is 10.6 Å². The van der Waals surface area contributed by atoms with Crippen LogP contribution in [0.1, 0.15) is 15.9 Å². The van der Waals surface area contributed by atoms with Crippen molar-refractivity contribution in [3.63, 3.8) is 0 Å². The minimum absolute atomic E-state index is 0.293. The Kier molecular flexibility index (Phi) is 6.40. The highest BCUT2D eigenvalue weighted by atomic mass is 35.5. The molecule has 142 valence electrons.